The number of aliphatic carboxylic acids is 1. The Morgan fingerprint density at radius 1 is 1.40 bits per heavy atom. The molecule has 2 nitrogen and oxygen atoms in total. The van der Waals surface area contributed by atoms with E-state index in [1.54, 1.807) is 0 Å². The molecule has 0 bridgehead atoms. The van der Waals surface area contributed by atoms with Crippen LogP contribution in [-0.4, -0.2) is 11.1 Å². The maximum absolute atomic E-state index is 13.3. The topological polar surface area (TPSA) is 37.3 Å². The predicted octanol–water partition coefficient (Wildman–Crippen LogP) is 2.71. The van der Waals surface area contributed by atoms with Gasteiger partial charge >= 0.3 is 5.97 Å². The molecule has 0 spiro atoms. The molecule has 0 saturated carbocycles. The minimum atomic E-state index is -1.47. The zero-order valence-electron chi connectivity index (χ0n) is 8.38. The largest absolute Gasteiger partial charge is 0.476 e. The van der Waals surface area contributed by atoms with Gasteiger partial charge in [0.2, 0.25) is 5.83 Å². The Kier molecular flexibility index (Phi) is 2.31. The summed E-state index contributed by atoms with van der Waals surface area (Å²) < 4.78 is 13.3. The van der Waals surface area contributed by atoms with Gasteiger partial charge in [0.25, 0.3) is 0 Å². The molecule has 0 fully saturated rings. The summed E-state index contributed by atoms with van der Waals surface area (Å²) in [6.45, 7) is 1.91. The van der Waals surface area contributed by atoms with Gasteiger partial charge in [-0.1, -0.05) is 23.8 Å². The summed E-state index contributed by atoms with van der Waals surface area (Å²) in [6.07, 6.45) is 1.21. The number of hydrogen-bond donors (Lipinski definition) is 1. The number of rotatable bonds is 1. The number of fused-ring (bicyclic) bond motifs is 1. The molecule has 0 heterocycles. The Morgan fingerprint density at radius 3 is 2.80 bits per heavy atom. The zero-order valence-corrected chi connectivity index (χ0v) is 8.38. The second-order valence-electron chi connectivity index (χ2n) is 3.76. The molecule has 0 aromatic heterocycles. The van der Waals surface area contributed by atoms with E-state index >= 15 is 0 Å². The molecule has 2 rings (SSSR count). The molecule has 0 aliphatic heterocycles. The third-order valence-electron chi connectivity index (χ3n) is 2.69. The van der Waals surface area contributed by atoms with Crippen LogP contribution in [-0.2, 0) is 11.2 Å². The first-order valence-corrected chi connectivity index (χ1v) is 4.81. The average Bonchev–Trinajstić information content (AvgIpc) is 2.59. The van der Waals surface area contributed by atoms with Gasteiger partial charge in [-0.25, -0.2) is 4.79 Å². The summed E-state index contributed by atoms with van der Waals surface area (Å²) in [5, 5.41) is 8.60. The van der Waals surface area contributed by atoms with Crippen LogP contribution >= 0.6 is 0 Å². The van der Waals surface area contributed by atoms with E-state index in [9.17, 15) is 9.18 Å². The van der Waals surface area contributed by atoms with Gasteiger partial charge in [0.15, 0.2) is 0 Å². The van der Waals surface area contributed by atoms with Crippen molar-refractivity contribution in [3.05, 3.63) is 40.7 Å². The van der Waals surface area contributed by atoms with Crippen LogP contribution < -0.4 is 0 Å². The Hall–Kier alpha value is -1.64. The highest BCUT2D eigenvalue weighted by atomic mass is 19.1. The first kappa shape index (κ1) is 9.90. The highest BCUT2D eigenvalue weighted by molar-refractivity contribution is 5.95. The molecule has 0 unspecified atom stereocenters. The number of hydrogen-bond acceptors (Lipinski definition) is 1. The Morgan fingerprint density at radius 2 is 2.13 bits per heavy atom. The maximum Gasteiger partial charge on any atom is 0.365 e. The van der Waals surface area contributed by atoms with Crippen LogP contribution in [0.1, 0.15) is 23.1 Å². The first-order chi connectivity index (χ1) is 7.09. The average molecular weight is 206 g/mol. The fourth-order valence-corrected chi connectivity index (χ4v) is 1.94. The molecule has 1 aromatic rings. The van der Waals surface area contributed by atoms with Crippen molar-refractivity contribution in [2.24, 2.45) is 0 Å². The second-order valence-corrected chi connectivity index (χ2v) is 3.76. The van der Waals surface area contributed by atoms with Crippen LogP contribution in [0.5, 0.6) is 0 Å². The first-order valence-electron chi connectivity index (χ1n) is 4.81. The van der Waals surface area contributed by atoms with Gasteiger partial charge in [-0.05, 0) is 30.9 Å². The van der Waals surface area contributed by atoms with Crippen molar-refractivity contribution in [3.63, 3.8) is 0 Å². The second kappa shape index (κ2) is 3.50. The van der Waals surface area contributed by atoms with Crippen molar-refractivity contribution in [1.82, 2.24) is 0 Å². The number of aryl methyl sites for hydroxylation is 2. The fourth-order valence-electron chi connectivity index (χ4n) is 1.94. The Bertz CT molecular complexity index is 461. The maximum atomic E-state index is 13.3. The van der Waals surface area contributed by atoms with Crippen LogP contribution in [0.25, 0.3) is 5.57 Å². The monoisotopic (exact) mass is 206 g/mol. The third-order valence-corrected chi connectivity index (χ3v) is 2.69. The summed E-state index contributed by atoms with van der Waals surface area (Å²) in [5.41, 5.74) is 3.15. The van der Waals surface area contributed by atoms with Gasteiger partial charge < -0.3 is 5.11 Å². The normalized spacial score (nSPS) is 17.5. The molecule has 78 valence electrons. The van der Waals surface area contributed by atoms with Crippen molar-refractivity contribution in [3.8, 4) is 0 Å². The molecular formula is C12H11FO2. The van der Waals surface area contributed by atoms with Crippen LogP contribution in [0, 0.1) is 6.92 Å². The van der Waals surface area contributed by atoms with Gasteiger partial charge in [-0.15, -0.1) is 0 Å². The molecule has 3 heteroatoms. The lowest BCUT2D eigenvalue weighted by molar-refractivity contribution is -0.134. The standard InChI is InChI=1S/C12H11FO2/c1-7-2-3-8-4-5-9(10(8)6-7)11(13)12(14)15/h2-3,6H,4-5H2,1H3,(H,14,15)/b11-9-. The Labute approximate surface area is 87.0 Å². The molecular weight excluding hydrogens is 195 g/mol. The van der Waals surface area contributed by atoms with Gasteiger partial charge in [0.05, 0.1) is 0 Å². The number of allylic oxidation sites excluding steroid dienone is 1. The molecule has 0 saturated heterocycles. The molecule has 1 N–H and O–H groups in total. The minimum Gasteiger partial charge on any atom is -0.476 e. The van der Waals surface area contributed by atoms with Gasteiger partial charge in [0.1, 0.15) is 0 Å². The van der Waals surface area contributed by atoms with Crippen molar-refractivity contribution < 1.29 is 14.3 Å². The highest BCUT2D eigenvalue weighted by Gasteiger charge is 2.23. The summed E-state index contributed by atoms with van der Waals surface area (Å²) in [6, 6.07) is 5.74. The number of carboxylic acid groups (broad SMARTS) is 1. The minimum absolute atomic E-state index is 0.334. The third kappa shape index (κ3) is 1.65. The highest BCUT2D eigenvalue weighted by Crippen LogP contribution is 2.35. The van der Waals surface area contributed by atoms with E-state index in [0.29, 0.717) is 12.0 Å². The van der Waals surface area contributed by atoms with Crippen LogP contribution in [0.2, 0.25) is 0 Å². The van der Waals surface area contributed by atoms with Crippen molar-refractivity contribution in [2.45, 2.75) is 19.8 Å². The molecule has 1 aliphatic rings. The van der Waals surface area contributed by atoms with Gasteiger partial charge in [0, 0.05) is 5.57 Å². The van der Waals surface area contributed by atoms with Crippen LogP contribution in [0.15, 0.2) is 24.0 Å². The number of halogens is 1. The molecule has 1 aromatic carbocycles. The summed E-state index contributed by atoms with van der Waals surface area (Å²) >= 11 is 0. The van der Waals surface area contributed by atoms with Crippen LogP contribution in [0.4, 0.5) is 4.39 Å². The number of benzene rings is 1. The smallest absolute Gasteiger partial charge is 0.365 e. The molecule has 0 radical (unpaired) electrons. The number of carbonyl (C=O) groups is 1. The van der Waals surface area contributed by atoms with E-state index in [2.05, 4.69) is 0 Å². The van der Waals surface area contributed by atoms with Gasteiger partial charge in [-0.3, -0.25) is 0 Å². The van der Waals surface area contributed by atoms with Crippen LogP contribution in [0.3, 0.4) is 0 Å². The van der Waals surface area contributed by atoms with Crippen molar-refractivity contribution in [1.29, 1.82) is 0 Å². The zero-order chi connectivity index (χ0) is 11.0. The van der Waals surface area contributed by atoms with E-state index < -0.39 is 11.8 Å². The summed E-state index contributed by atoms with van der Waals surface area (Å²) in [4.78, 5) is 10.5. The predicted molar refractivity (Wildman–Crippen MR) is 55.2 cm³/mol. The van der Waals surface area contributed by atoms with E-state index in [-0.39, 0.29) is 0 Å². The Balaban J connectivity index is 2.57. The molecule has 0 amide bonds. The quantitative estimate of drug-likeness (QED) is 0.717. The van der Waals surface area contributed by atoms with Crippen molar-refractivity contribution in [2.75, 3.05) is 0 Å². The van der Waals surface area contributed by atoms with E-state index in [1.807, 2.05) is 25.1 Å². The molecule has 15 heavy (non-hydrogen) atoms. The van der Waals surface area contributed by atoms with E-state index in [1.165, 1.54) is 0 Å². The fraction of sp³-hybridized carbons (Fsp3) is 0.250. The summed E-state index contributed by atoms with van der Waals surface area (Å²) in [7, 11) is 0. The van der Waals surface area contributed by atoms with E-state index in [0.717, 1.165) is 23.1 Å². The lowest BCUT2D eigenvalue weighted by Crippen LogP contribution is -1.98. The summed E-state index contributed by atoms with van der Waals surface area (Å²) in [5.74, 6) is -2.49. The molecule has 0 atom stereocenters. The van der Waals surface area contributed by atoms with Crippen molar-refractivity contribution >= 4 is 11.5 Å². The lowest BCUT2D eigenvalue weighted by Gasteiger charge is -2.02. The lowest BCUT2D eigenvalue weighted by atomic mass is 10.0. The van der Waals surface area contributed by atoms with E-state index in [4.69, 9.17) is 5.11 Å². The SMILES string of the molecule is Cc1ccc2c(c1)/C(=C(\F)C(=O)O)CC2. The number of carboxylic acids is 1. The molecule has 1 aliphatic carbocycles. The van der Waals surface area contributed by atoms with Gasteiger partial charge in [-0.2, -0.15) is 4.39 Å².